The molecule has 1 atom stereocenters. The van der Waals surface area contributed by atoms with Crippen molar-refractivity contribution in [2.24, 2.45) is 5.92 Å². The van der Waals surface area contributed by atoms with E-state index in [4.69, 9.17) is 0 Å². The van der Waals surface area contributed by atoms with Gasteiger partial charge < -0.3 is 15.5 Å². The summed E-state index contributed by atoms with van der Waals surface area (Å²) >= 11 is 1.43. The van der Waals surface area contributed by atoms with Crippen LogP contribution in [-0.4, -0.2) is 63.1 Å². The minimum atomic E-state index is 0.149. The molecule has 1 aliphatic rings. The number of benzene rings is 1. The summed E-state index contributed by atoms with van der Waals surface area (Å²) in [6, 6.07) is 9.66. The lowest BCUT2D eigenvalue weighted by molar-refractivity contribution is -0.118. The van der Waals surface area contributed by atoms with Gasteiger partial charge in [0.25, 0.3) is 0 Å². The number of carbonyl (C=O) groups excluding carboxylic acids is 1. The molecule has 0 saturated heterocycles. The van der Waals surface area contributed by atoms with Crippen LogP contribution in [0.15, 0.2) is 40.4 Å². The van der Waals surface area contributed by atoms with Gasteiger partial charge in [0.05, 0.1) is 0 Å². The summed E-state index contributed by atoms with van der Waals surface area (Å²) in [7, 11) is 6.55. The molecule has 2 aromatic heterocycles. The summed E-state index contributed by atoms with van der Waals surface area (Å²) in [6.07, 6.45) is 1.96. The molecular formula is C21H28N9OPS. The normalized spacial score (nSPS) is 13.2. The zero-order chi connectivity index (χ0) is 23.4. The van der Waals surface area contributed by atoms with Crippen molar-refractivity contribution in [2.75, 3.05) is 42.5 Å². The van der Waals surface area contributed by atoms with Crippen molar-refractivity contribution in [1.82, 2.24) is 30.0 Å². The summed E-state index contributed by atoms with van der Waals surface area (Å²) in [6.45, 7) is 3.48. The van der Waals surface area contributed by atoms with E-state index in [0.29, 0.717) is 29.4 Å². The molecule has 4 rings (SSSR count). The van der Waals surface area contributed by atoms with E-state index < -0.39 is 0 Å². The van der Waals surface area contributed by atoms with Crippen LogP contribution in [0.5, 0.6) is 0 Å². The van der Waals surface area contributed by atoms with Crippen molar-refractivity contribution in [3.63, 3.8) is 0 Å². The van der Waals surface area contributed by atoms with E-state index in [1.807, 2.05) is 51.4 Å². The maximum Gasteiger partial charge on any atom is 0.234 e. The Morgan fingerprint density at radius 2 is 1.91 bits per heavy atom. The number of carbonyl (C=O) groups is 1. The second-order valence-corrected chi connectivity index (χ2v) is 9.69. The molecule has 1 aliphatic carbocycles. The topological polar surface area (TPSA) is 115 Å². The van der Waals surface area contributed by atoms with Gasteiger partial charge in [-0.1, -0.05) is 0 Å². The number of likely N-dealkylation sites (N-methyl/N-ethyl adjacent to an activating group) is 1. The first-order valence-corrected chi connectivity index (χ1v) is 12.0. The maximum absolute atomic E-state index is 12.3. The highest BCUT2D eigenvalue weighted by Gasteiger charge is 2.32. The third-order valence-electron chi connectivity index (χ3n) is 4.89. The summed E-state index contributed by atoms with van der Waals surface area (Å²) in [4.78, 5) is 28.9. The fourth-order valence-electron chi connectivity index (χ4n) is 2.96. The van der Waals surface area contributed by atoms with Crippen LogP contribution >= 0.6 is 21.2 Å². The number of amides is 1. The van der Waals surface area contributed by atoms with Crippen LogP contribution < -0.4 is 15.3 Å². The standard InChI is InChI=1S/C21H28N9OPS/c1-13-12-17(28-27-13)23-20-24-19(22-10-11-29(2)3)25-21(26-20)33-16-8-6-15(7-9-16)30(32)18(31)14-4-5-14/h6-9,12,14H,4-5,10-11,32H2,1-3H3,(H3,22,23,24,25,26,27,28). The molecule has 1 unspecified atom stereocenters. The third kappa shape index (κ3) is 6.63. The summed E-state index contributed by atoms with van der Waals surface area (Å²) in [5.74, 6) is 1.86. The van der Waals surface area contributed by atoms with E-state index in [1.54, 1.807) is 4.67 Å². The Kier molecular flexibility index (Phi) is 7.42. The molecule has 3 N–H and O–H groups in total. The van der Waals surface area contributed by atoms with Crippen LogP contribution in [0, 0.1) is 12.8 Å². The van der Waals surface area contributed by atoms with Crippen molar-refractivity contribution < 1.29 is 4.79 Å². The average Bonchev–Trinajstić information content (AvgIpc) is 3.55. The summed E-state index contributed by atoms with van der Waals surface area (Å²) in [5, 5.41) is 14.0. The van der Waals surface area contributed by atoms with Gasteiger partial charge in [-0.25, -0.2) is 0 Å². The Bertz CT molecular complexity index is 1100. The monoisotopic (exact) mass is 485 g/mol. The fraction of sp³-hybridized carbons (Fsp3) is 0.381. The molecule has 0 spiro atoms. The second-order valence-electron chi connectivity index (χ2n) is 8.13. The van der Waals surface area contributed by atoms with Crippen LogP contribution in [0.2, 0.25) is 0 Å². The molecule has 10 nitrogen and oxygen atoms in total. The van der Waals surface area contributed by atoms with E-state index in [1.165, 1.54) is 11.8 Å². The molecule has 33 heavy (non-hydrogen) atoms. The SMILES string of the molecule is Cc1cc(Nc2nc(NCCN(C)C)nc(Sc3ccc(N(P)C(=O)C4CC4)cc3)n2)n[nH]1. The van der Waals surface area contributed by atoms with Crippen LogP contribution in [0.25, 0.3) is 0 Å². The lowest BCUT2D eigenvalue weighted by Gasteiger charge is -2.17. The summed E-state index contributed by atoms with van der Waals surface area (Å²) in [5.41, 5.74) is 1.79. The first-order valence-electron chi connectivity index (χ1n) is 10.7. The van der Waals surface area contributed by atoms with Crippen LogP contribution in [0.4, 0.5) is 23.4 Å². The molecule has 1 fully saturated rings. The van der Waals surface area contributed by atoms with E-state index >= 15 is 0 Å². The van der Waals surface area contributed by atoms with Gasteiger partial charge in [-0.15, -0.1) is 0 Å². The molecule has 1 aromatic carbocycles. The summed E-state index contributed by atoms with van der Waals surface area (Å²) < 4.78 is 1.65. The Balaban J connectivity index is 1.49. The van der Waals surface area contributed by atoms with E-state index in [0.717, 1.165) is 35.7 Å². The Morgan fingerprint density at radius 3 is 2.55 bits per heavy atom. The molecule has 12 heteroatoms. The number of H-pyrrole nitrogens is 1. The molecule has 3 aromatic rings. The number of anilines is 4. The van der Waals surface area contributed by atoms with Crippen molar-refractivity contribution in [1.29, 1.82) is 0 Å². The Hall–Kier alpha value is -2.75. The highest BCUT2D eigenvalue weighted by Crippen LogP contribution is 2.35. The lowest BCUT2D eigenvalue weighted by Crippen LogP contribution is -2.22. The van der Waals surface area contributed by atoms with Gasteiger partial charge >= 0.3 is 0 Å². The highest BCUT2D eigenvalue weighted by molar-refractivity contribution is 7.99. The number of hydrogen-bond donors (Lipinski definition) is 3. The van der Waals surface area contributed by atoms with Crippen LogP contribution in [0.3, 0.4) is 0 Å². The number of rotatable bonds is 10. The smallest absolute Gasteiger partial charge is 0.234 e. The predicted octanol–water partition coefficient (Wildman–Crippen LogP) is 3.30. The van der Waals surface area contributed by atoms with Crippen LogP contribution in [0.1, 0.15) is 18.5 Å². The Morgan fingerprint density at radius 1 is 1.18 bits per heavy atom. The van der Waals surface area contributed by atoms with Gasteiger partial charge in [-0.05, 0) is 79.3 Å². The van der Waals surface area contributed by atoms with Gasteiger partial charge in [0.2, 0.25) is 17.8 Å². The van der Waals surface area contributed by atoms with Gasteiger partial charge in [0.1, 0.15) is 0 Å². The number of aromatic nitrogens is 5. The largest absolute Gasteiger partial charge is 0.353 e. The molecule has 1 saturated carbocycles. The lowest BCUT2D eigenvalue weighted by atomic mass is 10.3. The average molecular weight is 486 g/mol. The molecule has 0 aliphatic heterocycles. The van der Waals surface area contributed by atoms with Gasteiger partial charge in [0.15, 0.2) is 11.0 Å². The third-order valence-corrected chi connectivity index (χ3v) is 6.32. The van der Waals surface area contributed by atoms with Crippen molar-refractivity contribution in [3.05, 3.63) is 36.0 Å². The van der Waals surface area contributed by atoms with Gasteiger partial charge in [-0.2, -0.15) is 20.1 Å². The zero-order valence-corrected chi connectivity index (χ0v) is 20.8. The van der Waals surface area contributed by atoms with Gasteiger partial charge in [0, 0.05) is 41.4 Å². The zero-order valence-electron chi connectivity index (χ0n) is 18.9. The fourth-order valence-corrected chi connectivity index (χ4v) is 4.09. The van der Waals surface area contributed by atoms with Crippen molar-refractivity contribution in [2.45, 2.75) is 29.8 Å². The minimum absolute atomic E-state index is 0.149. The molecule has 0 radical (unpaired) electrons. The number of aromatic amines is 1. The van der Waals surface area contributed by atoms with Crippen LogP contribution in [-0.2, 0) is 4.79 Å². The molecule has 1 amide bonds. The number of nitrogens with one attached hydrogen (secondary N) is 3. The first-order chi connectivity index (χ1) is 15.9. The first kappa shape index (κ1) is 23.4. The minimum Gasteiger partial charge on any atom is -0.353 e. The van der Waals surface area contributed by atoms with E-state index in [2.05, 4.69) is 50.1 Å². The van der Waals surface area contributed by atoms with Gasteiger partial charge in [-0.3, -0.25) is 14.6 Å². The number of nitrogens with zero attached hydrogens (tertiary/aromatic N) is 6. The van der Waals surface area contributed by atoms with E-state index in [-0.39, 0.29) is 11.8 Å². The van der Waals surface area contributed by atoms with Crippen molar-refractivity contribution in [3.8, 4) is 0 Å². The number of aryl methyl sites for hydroxylation is 1. The van der Waals surface area contributed by atoms with E-state index in [9.17, 15) is 4.79 Å². The maximum atomic E-state index is 12.3. The quantitative estimate of drug-likeness (QED) is 0.372. The molecule has 0 bridgehead atoms. The highest BCUT2D eigenvalue weighted by atomic mass is 32.2. The Labute approximate surface area is 199 Å². The molecule has 2 heterocycles. The second kappa shape index (κ2) is 10.5. The predicted molar refractivity (Wildman–Crippen MR) is 134 cm³/mol. The molecule has 174 valence electrons. The molecular weight excluding hydrogens is 457 g/mol. The van der Waals surface area contributed by atoms with Crippen molar-refractivity contribution >= 4 is 50.5 Å². The number of hydrogen-bond acceptors (Lipinski definition) is 9.